The maximum absolute atomic E-state index is 14.8. The largest absolute Gasteiger partial charge is 0.497 e. The lowest BCUT2D eigenvalue weighted by Gasteiger charge is -2.35. The van der Waals surface area contributed by atoms with Crippen molar-refractivity contribution in [3.8, 4) is 23.0 Å². The predicted octanol–water partition coefficient (Wildman–Crippen LogP) is 7.59. The highest BCUT2D eigenvalue weighted by Crippen LogP contribution is 2.49. The molecule has 0 unspecified atom stereocenters. The van der Waals surface area contributed by atoms with Crippen molar-refractivity contribution in [2.24, 2.45) is 0 Å². The fourth-order valence-electron chi connectivity index (χ4n) is 6.26. The van der Waals surface area contributed by atoms with E-state index >= 15 is 0 Å². The third-order valence-electron chi connectivity index (χ3n) is 8.41. The minimum Gasteiger partial charge on any atom is -0.497 e. The quantitative estimate of drug-likeness (QED) is 0.227. The van der Waals surface area contributed by atoms with E-state index in [2.05, 4.69) is 5.32 Å². The first-order valence-electron chi connectivity index (χ1n) is 14.5. The minimum atomic E-state index is -0.819. The minimum absolute atomic E-state index is 0.0638. The molecule has 0 bridgehead atoms. The number of para-hydroxylation sites is 2. The zero-order valence-electron chi connectivity index (χ0n) is 25.4. The van der Waals surface area contributed by atoms with Crippen molar-refractivity contribution in [3.05, 3.63) is 118 Å². The van der Waals surface area contributed by atoms with Gasteiger partial charge in [0.05, 0.1) is 45.9 Å². The number of amides is 1. The van der Waals surface area contributed by atoms with Crippen molar-refractivity contribution in [2.75, 3.05) is 38.7 Å². The van der Waals surface area contributed by atoms with Crippen LogP contribution in [0, 0.1) is 0 Å². The standard InChI is InChI=1S/C36H33ClN2O6/c1-42-24-15-13-21(14-16-24)22-17-28-33(30(40)18-22)34(25-9-5-6-10-26(25)37)39(29-12-8-7-11-27(29)38-28)36(41)23-19-31(43-2)35(45-4)32(20-23)44-3/h5-16,19-20,22,34,38H,17-18H2,1-4H3/t22-,34+/m0/s1. The van der Waals surface area contributed by atoms with Gasteiger partial charge in [-0.25, -0.2) is 0 Å². The summed E-state index contributed by atoms with van der Waals surface area (Å²) in [6.07, 6.45) is 0.839. The lowest BCUT2D eigenvalue weighted by molar-refractivity contribution is -0.116. The van der Waals surface area contributed by atoms with E-state index in [0.717, 1.165) is 17.0 Å². The van der Waals surface area contributed by atoms with Gasteiger partial charge in [-0.05, 0) is 65.9 Å². The van der Waals surface area contributed by atoms with Gasteiger partial charge < -0.3 is 24.3 Å². The molecule has 1 aliphatic carbocycles. The number of fused-ring (bicyclic) bond motifs is 1. The summed E-state index contributed by atoms with van der Waals surface area (Å²) in [5, 5.41) is 4.01. The smallest absolute Gasteiger partial charge is 0.259 e. The molecule has 1 heterocycles. The van der Waals surface area contributed by atoms with Gasteiger partial charge in [-0.1, -0.05) is 54.1 Å². The number of nitrogens with zero attached hydrogens (tertiary/aromatic N) is 1. The van der Waals surface area contributed by atoms with Gasteiger partial charge in [0.2, 0.25) is 5.75 Å². The molecule has 2 atom stereocenters. The fourth-order valence-corrected chi connectivity index (χ4v) is 6.50. The van der Waals surface area contributed by atoms with Crippen molar-refractivity contribution in [1.82, 2.24) is 0 Å². The topological polar surface area (TPSA) is 86.3 Å². The summed E-state index contributed by atoms with van der Waals surface area (Å²) in [6.45, 7) is 0. The lowest BCUT2D eigenvalue weighted by atomic mass is 9.78. The highest BCUT2D eigenvalue weighted by atomic mass is 35.5. The molecular weight excluding hydrogens is 592 g/mol. The monoisotopic (exact) mass is 624 g/mol. The molecule has 4 aromatic carbocycles. The van der Waals surface area contributed by atoms with E-state index in [4.69, 9.17) is 30.5 Å². The van der Waals surface area contributed by atoms with E-state index in [9.17, 15) is 9.59 Å². The zero-order valence-corrected chi connectivity index (χ0v) is 26.2. The van der Waals surface area contributed by atoms with Gasteiger partial charge in [0.15, 0.2) is 17.3 Å². The van der Waals surface area contributed by atoms with Crippen molar-refractivity contribution in [3.63, 3.8) is 0 Å². The Morgan fingerprint density at radius 3 is 2.13 bits per heavy atom. The molecular formula is C36H33ClN2O6. The van der Waals surface area contributed by atoms with Crippen molar-refractivity contribution < 1.29 is 28.5 Å². The number of hydrogen-bond acceptors (Lipinski definition) is 7. The number of hydrogen-bond donors (Lipinski definition) is 1. The second-order valence-corrected chi connectivity index (χ2v) is 11.3. The first-order chi connectivity index (χ1) is 21.9. The Balaban J connectivity index is 1.56. The summed E-state index contributed by atoms with van der Waals surface area (Å²) in [4.78, 5) is 30.8. The number of rotatable bonds is 7. The van der Waals surface area contributed by atoms with E-state index in [1.807, 2.05) is 66.7 Å². The number of Topliss-reactive ketones (excluding diaryl/α,β-unsaturated/α-hetero) is 1. The molecule has 1 N–H and O–H groups in total. The lowest BCUT2D eigenvalue weighted by Crippen LogP contribution is -2.38. The Morgan fingerprint density at radius 1 is 0.822 bits per heavy atom. The summed E-state index contributed by atoms with van der Waals surface area (Å²) >= 11 is 6.86. The number of allylic oxidation sites excluding steroid dienone is 1. The molecule has 2 aliphatic rings. The van der Waals surface area contributed by atoms with Crippen LogP contribution >= 0.6 is 11.6 Å². The van der Waals surface area contributed by atoms with Crippen LogP contribution in [-0.2, 0) is 4.79 Å². The molecule has 0 radical (unpaired) electrons. The van der Waals surface area contributed by atoms with E-state index in [0.29, 0.717) is 56.8 Å². The second kappa shape index (κ2) is 12.6. The van der Waals surface area contributed by atoms with E-state index in [1.54, 1.807) is 30.2 Å². The second-order valence-electron chi connectivity index (χ2n) is 10.8. The van der Waals surface area contributed by atoms with E-state index in [-0.39, 0.29) is 24.0 Å². The normalized spacial score (nSPS) is 17.4. The maximum Gasteiger partial charge on any atom is 0.259 e. The number of anilines is 2. The number of carbonyl (C=O) groups is 2. The first-order valence-corrected chi connectivity index (χ1v) is 14.9. The Bertz CT molecular complexity index is 1780. The van der Waals surface area contributed by atoms with Gasteiger partial charge in [-0.3, -0.25) is 14.5 Å². The van der Waals surface area contributed by atoms with Crippen LogP contribution in [0.4, 0.5) is 11.4 Å². The van der Waals surface area contributed by atoms with Crippen LogP contribution in [0.2, 0.25) is 5.02 Å². The number of nitrogens with one attached hydrogen (secondary N) is 1. The summed E-state index contributed by atoms with van der Waals surface area (Å²) in [6, 6.07) is 25.1. The van der Waals surface area contributed by atoms with Crippen LogP contribution < -0.4 is 29.2 Å². The Morgan fingerprint density at radius 2 is 1.49 bits per heavy atom. The van der Waals surface area contributed by atoms with Crippen LogP contribution in [0.3, 0.4) is 0 Å². The summed E-state index contributed by atoms with van der Waals surface area (Å²) < 4.78 is 22.0. The van der Waals surface area contributed by atoms with Crippen LogP contribution in [0.25, 0.3) is 0 Å². The van der Waals surface area contributed by atoms with E-state index < -0.39 is 6.04 Å². The molecule has 1 aliphatic heterocycles. The number of halogens is 1. The average molecular weight is 625 g/mol. The van der Waals surface area contributed by atoms with Crippen LogP contribution in [0.15, 0.2) is 96.2 Å². The molecule has 0 saturated carbocycles. The SMILES string of the molecule is COc1ccc([C@@H]2CC(=O)C3=C(C2)Nc2ccccc2N(C(=O)c2cc(OC)c(OC)c(OC)c2)[C@@H]3c2ccccc2Cl)cc1. The van der Waals surface area contributed by atoms with Gasteiger partial charge in [-0.2, -0.15) is 0 Å². The predicted molar refractivity (Wildman–Crippen MR) is 174 cm³/mol. The Kier molecular flexibility index (Phi) is 8.41. The molecule has 0 spiro atoms. The highest BCUT2D eigenvalue weighted by molar-refractivity contribution is 6.31. The van der Waals surface area contributed by atoms with Gasteiger partial charge in [0.1, 0.15) is 5.75 Å². The number of ketones is 1. The number of methoxy groups -OCH3 is 4. The van der Waals surface area contributed by atoms with Crippen molar-refractivity contribution in [2.45, 2.75) is 24.8 Å². The van der Waals surface area contributed by atoms with Crippen LogP contribution in [0.1, 0.15) is 46.3 Å². The summed E-state index contributed by atoms with van der Waals surface area (Å²) in [7, 11) is 6.14. The molecule has 4 aromatic rings. The van der Waals surface area contributed by atoms with Crippen molar-refractivity contribution >= 4 is 34.7 Å². The molecule has 0 saturated heterocycles. The van der Waals surface area contributed by atoms with Gasteiger partial charge in [0.25, 0.3) is 5.91 Å². The molecule has 8 nitrogen and oxygen atoms in total. The number of carbonyl (C=O) groups excluding carboxylic acids is 2. The third-order valence-corrected chi connectivity index (χ3v) is 8.75. The number of ether oxygens (including phenoxy) is 4. The average Bonchev–Trinajstić information content (AvgIpc) is 3.22. The van der Waals surface area contributed by atoms with E-state index in [1.165, 1.54) is 21.3 Å². The molecule has 1 amide bonds. The zero-order chi connectivity index (χ0) is 31.7. The molecule has 0 fully saturated rings. The number of benzene rings is 4. The Labute approximate surface area is 267 Å². The molecule has 230 valence electrons. The maximum atomic E-state index is 14.8. The molecule has 9 heteroatoms. The van der Waals surface area contributed by atoms with Crippen molar-refractivity contribution in [1.29, 1.82) is 0 Å². The third kappa shape index (κ3) is 5.46. The highest BCUT2D eigenvalue weighted by Gasteiger charge is 2.43. The molecule has 6 rings (SSSR count). The molecule has 45 heavy (non-hydrogen) atoms. The Hall–Kier alpha value is -4.95. The van der Waals surface area contributed by atoms with Crippen LogP contribution in [0.5, 0.6) is 23.0 Å². The summed E-state index contributed by atoms with van der Waals surface area (Å²) in [5.41, 5.74) is 4.53. The van der Waals surface area contributed by atoms with Crippen LogP contribution in [-0.4, -0.2) is 40.1 Å². The van der Waals surface area contributed by atoms with Gasteiger partial charge in [0, 0.05) is 28.3 Å². The fraction of sp³-hybridized carbons (Fsp3) is 0.222. The van der Waals surface area contributed by atoms with Gasteiger partial charge in [-0.15, -0.1) is 0 Å². The first kappa shape index (κ1) is 30.1. The molecule has 0 aromatic heterocycles. The van der Waals surface area contributed by atoms with Gasteiger partial charge >= 0.3 is 0 Å². The summed E-state index contributed by atoms with van der Waals surface area (Å²) in [5.74, 6) is 1.30.